The van der Waals surface area contributed by atoms with E-state index in [1.54, 1.807) is 42.9 Å². The Morgan fingerprint density at radius 2 is 1.85 bits per heavy atom. The molecule has 27 heavy (non-hydrogen) atoms. The van der Waals surface area contributed by atoms with Crippen LogP contribution in [0, 0.1) is 17.1 Å². The molecule has 3 heterocycles. The number of nitrogens with two attached hydrogens (primary N) is 1. The highest BCUT2D eigenvalue weighted by molar-refractivity contribution is 5.87. The van der Waals surface area contributed by atoms with Crippen LogP contribution in [0.2, 0.25) is 0 Å². The smallest absolute Gasteiger partial charge is 0.142 e. The second-order valence-electron chi connectivity index (χ2n) is 5.83. The third-order valence-corrected chi connectivity index (χ3v) is 4.18. The summed E-state index contributed by atoms with van der Waals surface area (Å²) in [5.74, 6) is -0.204. The second-order valence-corrected chi connectivity index (χ2v) is 5.83. The molecule has 0 saturated heterocycles. The number of hydrogen-bond acceptors (Lipinski definition) is 5. The first-order valence-corrected chi connectivity index (χ1v) is 8.08. The van der Waals surface area contributed by atoms with Crippen LogP contribution in [0.1, 0.15) is 5.56 Å². The summed E-state index contributed by atoms with van der Waals surface area (Å²) >= 11 is 0. The van der Waals surface area contributed by atoms with Gasteiger partial charge in [-0.15, -0.1) is 0 Å². The van der Waals surface area contributed by atoms with Crippen molar-refractivity contribution in [2.45, 2.75) is 0 Å². The van der Waals surface area contributed by atoms with Gasteiger partial charge in [0.25, 0.3) is 0 Å². The van der Waals surface area contributed by atoms with Crippen molar-refractivity contribution in [1.29, 1.82) is 5.26 Å². The molecule has 0 aliphatic carbocycles. The fourth-order valence-corrected chi connectivity index (χ4v) is 2.88. The van der Waals surface area contributed by atoms with E-state index in [0.717, 1.165) is 11.1 Å². The number of anilines is 1. The first kappa shape index (κ1) is 16.4. The summed E-state index contributed by atoms with van der Waals surface area (Å²) in [5, 5.41) is 16.6. The van der Waals surface area contributed by atoms with Gasteiger partial charge in [0, 0.05) is 34.6 Å². The van der Waals surface area contributed by atoms with E-state index in [1.807, 2.05) is 6.07 Å². The van der Waals surface area contributed by atoms with Crippen LogP contribution in [0.5, 0.6) is 0 Å². The van der Waals surface area contributed by atoms with Gasteiger partial charge in [0.15, 0.2) is 0 Å². The van der Waals surface area contributed by atoms with Gasteiger partial charge in [-0.1, -0.05) is 0 Å². The number of rotatable bonds is 3. The molecule has 0 bridgehead atoms. The van der Waals surface area contributed by atoms with Crippen LogP contribution in [-0.2, 0) is 0 Å². The molecule has 0 fully saturated rings. The molecule has 3 N–H and O–H groups in total. The van der Waals surface area contributed by atoms with E-state index in [9.17, 15) is 9.65 Å². The number of H-pyrrole nitrogens is 1. The lowest BCUT2D eigenvalue weighted by atomic mass is 9.97. The van der Waals surface area contributed by atoms with E-state index >= 15 is 0 Å². The van der Waals surface area contributed by atoms with E-state index in [4.69, 9.17) is 5.73 Å². The molecule has 0 aliphatic heterocycles. The Labute approximate surface area is 154 Å². The Kier molecular flexibility index (Phi) is 4.07. The van der Waals surface area contributed by atoms with E-state index < -0.39 is 0 Å². The number of nitrogens with one attached hydrogen (secondary N) is 1. The minimum Gasteiger partial charge on any atom is -0.383 e. The Morgan fingerprint density at radius 1 is 1.04 bits per heavy atom. The lowest BCUT2D eigenvalue weighted by molar-refractivity contribution is 0.628. The van der Waals surface area contributed by atoms with Crippen molar-refractivity contribution in [2.75, 3.05) is 5.73 Å². The van der Waals surface area contributed by atoms with Crippen LogP contribution < -0.4 is 5.73 Å². The minimum atomic E-state index is -0.329. The van der Waals surface area contributed by atoms with Gasteiger partial charge in [-0.05, 0) is 42.5 Å². The number of nitrogen functional groups attached to an aromatic ring is 1. The van der Waals surface area contributed by atoms with Crippen molar-refractivity contribution in [3.8, 4) is 39.7 Å². The van der Waals surface area contributed by atoms with E-state index in [0.29, 0.717) is 22.5 Å². The van der Waals surface area contributed by atoms with Crippen LogP contribution in [0.25, 0.3) is 33.6 Å². The molecule has 4 rings (SSSR count). The molecule has 4 aromatic rings. The zero-order valence-electron chi connectivity index (χ0n) is 14.0. The lowest BCUT2D eigenvalue weighted by Gasteiger charge is -2.10. The third kappa shape index (κ3) is 3.00. The fraction of sp³-hybridized carbons (Fsp3) is 0. The van der Waals surface area contributed by atoms with Crippen LogP contribution in [-0.4, -0.2) is 20.2 Å². The normalized spacial score (nSPS) is 10.5. The van der Waals surface area contributed by atoms with Crippen molar-refractivity contribution >= 4 is 5.82 Å². The Balaban J connectivity index is 1.92. The van der Waals surface area contributed by atoms with Gasteiger partial charge in [0.2, 0.25) is 0 Å². The topological polar surface area (TPSA) is 104 Å². The molecule has 0 saturated carbocycles. The number of pyridine rings is 2. The first-order valence-electron chi connectivity index (χ1n) is 8.08. The third-order valence-electron chi connectivity index (χ3n) is 4.18. The SMILES string of the molecule is N#Cc1c(-c2cn[nH]c2-c2ccc(F)cc2)cc(-c2cccnc2)nc1N. The summed E-state index contributed by atoms with van der Waals surface area (Å²) in [5.41, 5.74) is 10.4. The molecule has 0 atom stereocenters. The average Bonchev–Trinajstić information content (AvgIpc) is 3.18. The summed E-state index contributed by atoms with van der Waals surface area (Å²) in [6.45, 7) is 0. The van der Waals surface area contributed by atoms with E-state index in [2.05, 4.69) is 26.2 Å². The molecule has 0 unspecified atom stereocenters. The number of halogens is 1. The van der Waals surface area contributed by atoms with Gasteiger partial charge in [0.1, 0.15) is 23.3 Å². The summed E-state index contributed by atoms with van der Waals surface area (Å²) < 4.78 is 13.3. The standard InChI is InChI=1S/C20H13FN6/c21-14-5-3-12(4-6-14)19-17(11-25-27-19)15-8-18(13-2-1-7-24-10-13)26-20(23)16(15)9-22/h1-8,10-11H,(H2,23,26)(H,25,27). The first-order chi connectivity index (χ1) is 13.2. The molecular weight excluding hydrogens is 343 g/mol. The molecule has 7 heteroatoms. The molecule has 0 spiro atoms. The predicted octanol–water partition coefficient (Wildman–Crippen LogP) is 3.79. The number of benzene rings is 1. The number of aromatic nitrogens is 4. The molecule has 1 aromatic carbocycles. The van der Waals surface area contributed by atoms with Gasteiger partial charge in [-0.3, -0.25) is 10.1 Å². The minimum absolute atomic E-state index is 0.125. The Morgan fingerprint density at radius 3 is 2.56 bits per heavy atom. The Hall–Kier alpha value is -4.05. The summed E-state index contributed by atoms with van der Waals surface area (Å²) in [7, 11) is 0. The van der Waals surface area contributed by atoms with Crippen molar-refractivity contribution in [2.24, 2.45) is 0 Å². The average molecular weight is 356 g/mol. The van der Waals surface area contributed by atoms with Gasteiger partial charge in [0.05, 0.1) is 17.6 Å². The molecular formula is C20H13FN6. The predicted molar refractivity (Wildman–Crippen MR) is 99.6 cm³/mol. The molecule has 0 aliphatic rings. The zero-order chi connectivity index (χ0) is 18.8. The second kappa shape index (κ2) is 6.69. The summed E-state index contributed by atoms with van der Waals surface area (Å²) in [6.07, 6.45) is 4.95. The monoisotopic (exact) mass is 356 g/mol. The van der Waals surface area contributed by atoms with Crippen molar-refractivity contribution in [3.05, 3.63) is 72.4 Å². The van der Waals surface area contributed by atoms with Gasteiger partial charge in [-0.2, -0.15) is 10.4 Å². The number of nitriles is 1. The fourth-order valence-electron chi connectivity index (χ4n) is 2.88. The Bertz CT molecular complexity index is 1140. The maximum Gasteiger partial charge on any atom is 0.142 e. The van der Waals surface area contributed by atoms with Gasteiger partial charge in [-0.25, -0.2) is 9.37 Å². The number of aromatic amines is 1. The van der Waals surface area contributed by atoms with E-state index in [1.165, 1.54) is 12.1 Å². The highest BCUT2D eigenvalue weighted by Gasteiger charge is 2.18. The van der Waals surface area contributed by atoms with Crippen molar-refractivity contribution in [3.63, 3.8) is 0 Å². The van der Waals surface area contributed by atoms with Crippen molar-refractivity contribution in [1.82, 2.24) is 20.2 Å². The molecule has 6 nitrogen and oxygen atoms in total. The molecule has 0 radical (unpaired) electrons. The van der Waals surface area contributed by atoms with Crippen LogP contribution in [0.15, 0.2) is 61.1 Å². The van der Waals surface area contributed by atoms with Gasteiger partial charge < -0.3 is 5.73 Å². The van der Waals surface area contributed by atoms with Crippen molar-refractivity contribution < 1.29 is 4.39 Å². The highest BCUT2D eigenvalue weighted by Crippen LogP contribution is 2.36. The van der Waals surface area contributed by atoms with Gasteiger partial charge >= 0.3 is 0 Å². The maximum atomic E-state index is 13.3. The largest absolute Gasteiger partial charge is 0.383 e. The van der Waals surface area contributed by atoms with Crippen LogP contribution in [0.4, 0.5) is 10.2 Å². The summed E-state index contributed by atoms with van der Waals surface area (Å²) in [6, 6.07) is 13.6. The number of nitrogens with zero attached hydrogens (tertiary/aromatic N) is 4. The van der Waals surface area contributed by atoms with Crippen LogP contribution in [0.3, 0.4) is 0 Å². The quantitative estimate of drug-likeness (QED) is 0.581. The van der Waals surface area contributed by atoms with E-state index in [-0.39, 0.29) is 17.2 Å². The molecule has 0 amide bonds. The molecule has 130 valence electrons. The number of hydrogen-bond donors (Lipinski definition) is 2. The zero-order valence-corrected chi connectivity index (χ0v) is 14.0. The van der Waals surface area contributed by atoms with Crippen LogP contribution >= 0.6 is 0 Å². The lowest BCUT2D eigenvalue weighted by Crippen LogP contribution is -2.00. The highest BCUT2D eigenvalue weighted by atomic mass is 19.1. The summed E-state index contributed by atoms with van der Waals surface area (Å²) in [4.78, 5) is 8.43. The molecule has 3 aromatic heterocycles. The maximum absolute atomic E-state index is 13.3.